The number of rotatable bonds is 11. The molecule has 0 radical (unpaired) electrons. The summed E-state index contributed by atoms with van der Waals surface area (Å²) in [6, 6.07) is 7.50. The fraction of sp³-hybridized carbons (Fsp3) is 0.667. The van der Waals surface area contributed by atoms with E-state index < -0.39 is 0 Å². The van der Waals surface area contributed by atoms with E-state index in [1.54, 1.807) is 6.07 Å². The second-order valence-electron chi connectivity index (χ2n) is 5.64. The van der Waals surface area contributed by atoms with Crippen molar-refractivity contribution in [2.24, 2.45) is 0 Å². The average Bonchev–Trinajstić information content (AvgIpc) is 2.44. The predicted octanol–water partition coefficient (Wildman–Crippen LogP) is 5.09. The largest absolute Gasteiger partial charge is 0.508 e. The minimum absolute atomic E-state index is 0.170. The lowest BCUT2D eigenvalue weighted by atomic mass is 10.1. The Morgan fingerprint density at radius 1 is 1.00 bits per heavy atom. The summed E-state index contributed by atoms with van der Waals surface area (Å²) in [6.45, 7) is 5.16. The number of benzene rings is 1. The van der Waals surface area contributed by atoms with Gasteiger partial charge in [-0.2, -0.15) is 0 Å². The summed E-state index contributed by atoms with van der Waals surface area (Å²) < 4.78 is 5.82. The Morgan fingerprint density at radius 3 is 2.35 bits per heavy atom. The molecule has 1 atom stereocenters. The third-order valence-corrected chi connectivity index (χ3v) is 3.65. The molecule has 0 saturated carbocycles. The van der Waals surface area contributed by atoms with Gasteiger partial charge in [-0.1, -0.05) is 63.6 Å². The van der Waals surface area contributed by atoms with E-state index in [0.717, 1.165) is 25.0 Å². The first-order valence-corrected chi connectivity index (χ1v) is 8.12. The summed E-state index contributed by atoms with van der Waals surface area (Å²) in [5.41, 5.74) is 0.972. The van der Waals surface area contributed by atoms with Crippen LogP contribution in [0.3, 0.4) is 0 Å². The van der Waals surface area contributed by atoms with Crippen LogP contribution in [0.15, 0.2) is 24.3 Å². The minimum atomic E-state index is 0.170. The maximum atomic E-state index is 9.72. The Kier molecular flexibility index (Phi) is 9.14. The van der Waals surface area contributed by atoms with Crippen LogP contribution in [0.5, 0.6) is 5.75 Å². The van der Waals surface area contributed by atoms with Crippen LogP contribution >= 0.6 is 0 Å². The molecule has 0 bridgehead atoms. The standard InChI is InChI=1S/C18H30O2/c1-3-4-5-6-7-8-11-14-20-16(2)15-17-12-9-10-13-18(17)19/h9-10,12-13,16,19H,3-8,11,14-15H2,1-2H3. The second-order valence-corrected chi connectivity index (χ2v) is 5.64. The Bertz CT molecular complexity index is 349. The molecular formula is C18H30O2. The fourth-order valence-electron chi connectivity index (χ4n) is 2.40. The highest BCUT2D eigenvalue weighted by Gasteiger charge is 2.06. The molecule has 0 fully saturated rings. The van der Waals surface area contributed by atoms with Gasteiger partial charge in [0.1, 0.15) is 5.75 Å². The van der Waals surface area contributed by atoms with Gasteiger partial charge in [0.05, 0.1) is 6.10 Å². The van der Waals surface area contributed by atoms with E-state index in [4.69, 9.17) is 4.74 Å². The van der Waals surface area contributed by atoms with E-state index in [9.17, 15) is 5.11 Å². The van der Waals surface area contributed by atoms with E-state index in [-0.39, 0.29) is 6.10 Å². The van der Waals surface area contributed by atoms with Crippen molar-refractivity contribution < 1.29 is 9.84 Å². The molecule has 0 saturated heterocycles. The molecule has 0 aliphatic carbocycles. The average molecular weight is 278 g/mol. The molecule has 0 aromatic heterocycles. The molecule has 20 heavy (non-hydrogen) atoms. The van der Waals surface area contributed by atoms with Crippen molar-refractivity contribution in [2.75, 3.05) is 6.61 Å². The van der Waals surface area contributed by atoms with E-state index in [1.165, 1.54) is 38.5 Å². The summed E-state index contributed by atoms with van der Waals surface area (Å²) >= 11 is 0. The highest BCUT2D eigenvalue weighted by Crippen LogP contribution is 2.18. The van der Waals surface area contributed by atoms with Crippen LogP contribution in [0.2, 0.25) is 0 Å². The van der Waals surface area contributed by atoms with Gasteiger partial charge in [0.15, 0.2) is 0 Å². The van der Waals surface area contributed by atoms with Gasteiger partial charge in [-0.15, -0.1) is 0 Å². The molecule has 1 aromatic carbocycles. The van der Waals surface area contributed by atoms with Crippen LogP contribution in [0.1, 0.15) is 64.4 Å². The van der Waals surface area contributed by atoms with Crippen molar-refractivity contribution in [3.63, 3.8) is 0 Å². The number of phenolic OH excluding ortho intramolecular Hbond substituents is 1. The maximum Gasteiger partial charge on any atom is 0.118 e. The predicted molar refractivity (Wildman–Crippen MR) is 85.2 cm³/mol. The van der Waals surface area contributed by atoms with Crippen molar-refractivity contribution in [3.8, 4) is 5.75 Å². The molecule has 2 nitrogen and oxygen atoms in total. The second kappa shape index (κ2) is 10.7. The minimum Gasteiger partial charge on any atom is -0.508 e. The lowest BCUT2D eigenvalue weighted by molar-refractivity contribution is 0.0631. The lowest BCUT2D eigenvalue weighted by Crippen LogP contribution is -2.12. The topological polar surface area (TPSA) is 29.5 Å². The molecule has 1 N–H and O–H groups in total. The quantitative estimate of drug-likeness (QED) is 0.571. The van der Waals surface area contributed by atoms with Gasteiger partial charge < -0.3 is 9.84 Å². The van der Waals surface area contributed by atoms with Gasteiger partial charge in [-0.3, -0.25) is 0 Å². The van der Waals surface area contributed by atoms with Gasteiger partial charge in [0, 0.05) is 13.0 Å². The molecule has 0 aliphatic heterocycles. The molecule has 1 rings (SSSR count). The maximum absolute atomic E-state index is 9.72. The molecule has 0 amide bonds. The first-order valence-electron chi connectivity index (χ1n) is 8.12. The van der Waals surface area contributed by atoms with Crippen molar-refractivity contribution in [3.05, 3.63) is 29.8 Å². The van der Waals surface area contributed by atoms with E-state index >= 15 is 0 Å². The highest BCUT2D eigenvalue weighted by atomic mass is 16.5. The molecule has 114 valence electrons. The van der Waals surface area contributed by atoms with Crippen molar-refractivity contribution in [1.82, 2.24) is 0 Å². The molecule has 0 heterocycles. The molecule has 1 aromatic rings. The smallest absolute Gasteiger partial charge is 0.118 e. The zero-order valence-corrected chi connectivity index (χ0v) is 13.1. The van der Waals surface area contributed by atoms with Crippen molar-refractivity contribution in [1.29, 1.82) is 0 Å². The number of hydrogen-bond acceptors (Lipinski definition) is 2. The SMILES string of the molecule is CCCCCCCCCOC(C)Cc1ccccc1O. The summed E-state index contributed by atoms with van der Waals surface area (Å²) in [5, 5.41) is 9.72. The Morgan fingerprint density at radius 2 is 1.65 bits per heavy atom. The summed E-state index contributed by atoms with van der Waals surface area (Å²) in [4.78, 5) is 0. The summed E-state index contributed by atoms with van der Waals surface area (Å²) in [7, 11) is 0. The highest BCUT2D eigenvalue weighted by molar-refractivity contribution is 5.32. The van der Waals surface area contributed by atoms with Crippen LogP contribution in [0.25, 0.3) is 0 Å². The van der Waals surface area contributed by atoms with Crippen molar-refractivity contribution >= 4 is 0 Å². The van der Waals surface area contributed by atoms with Gasteiger partial charge in [0.25, 0.3) is 0 Å². The van der Waals surface area contributed by atoms with Crippen LogP contribution in [-0.4, -0.2) is 17.8 Å². The number of phenols is 1. The molecule has 0 spiro atoms. The summed E-state index contributed by atoms with van der Waals surface area (Å²) in [6.07, 6.45) is 10.1. The summed E-state index contributed by atoms with van der Waals surface area (Å²) in [5.74, 6) is 0.374. The van der Waals surface area contributed by atoms with Gasteiger partial charge in [0.2, 0.25) is 0 Å². The van der Waals surface area contributed by atoms with Gasteiger partial charge in [-0.05, 0) is 25.0 Å². The number of unbranched alkanes of at least 4 members (excludes halogenated alkanes) is 6. The Balaban J connectivity index is 2.03. The molecular weight excluding hydrogens is 248 g/mol. The zero-order chi connectivity index (χ0) is 14.6. The fourth-order valence-corrected chi connectivity index (χ4v) is 2.40. The number of para-hydroxylation sites is 1. The first-order chi connectivity index (χ1) is 9.74. The first kappa shape index (κ1) is 17.0. The zero-order valence-electron chi connectivity index (χ0n) is 13.1. The number of ether oxygens (including phenoxy) is 1. The normalized spacial score (nSPS) is 12.5. The van der Waals surface area contributed by atoms with E-state index in [1.807, 2.05) is 18.2 Å². The van der Waals surface area contributed by atoms with Crippen molar-refractivity contribution in [2.45, 2.75) is 71.3 Å². The Labute approximate surface area is 124 Å². The monoisotopic (exact) mass is 278 g/mol. The van der Waals surface area contributed by atoms with Crippen LogP contribution in [0, 0.1) is 0 Å². The third-order valence-electron chi connectivity index (χ3n) is 3.65. The van der Waals surface area contributed by atoms with Crippen LogP contribution in [-0.2, 0) is 11.2 Å². The van der Waals surface area contributed by atoms with Gasteiger partial charge in [-0.25, -0.2) is 0 Å². The Hall–Kier alpha value is -1.02. The molecule has 2 heteroatoms. The van der Waals surface area contributed by atoms with E-state index in [0.29, 0.717) is 5.75 Å². The third kappa shape index (κ3) is 7.54. The number of aromatic hydroxyl groups is 1. The number of hydrogen-bond donors (Lipinski definition) is 1. The van der Waals surface area contributed by atoms with Crippen LogP contribution < -0.4 is 0 Å². The lowest BCUT2D eigenvalue weighted by Gasteiger charge is -2.14. The van der Waals surface area contributed by atoms with Crippen LogP contribution in [0.4, 0.5) is 0 Å². The molecule has 1 unspecified atom stereocenters. The van der Waals surface area contributed by atoms with E-state index in [2.05, 4.69) is 13.8 Å². The molecule has 0 aliphatic rings. The van der Waals surface area contributed by atoms with Gasteiger partial charge >= 0.3 is 0 Å².